The van der Waals surface area contributed by atoms with E-state index in [0.29, 0.717) is 11.4 Å². The molecular weight excluding hydrogens is 284 g/mol. The Bertz CT molecular complexity index is 580. The number of hydrogen-bond acceptors (Lipinski definition) is 6. The number of aryl methyl sites for hydroxylation is 1. The Hall–Kier alpha value is -2.37. The Morgan fingerprint density at radius 1 is 1.14 bits per heavy atom. The molecule has 1 heterocycles. The lowest BCUT2D eigenvalue weighted by molar-refractivity contribution is 0.0523. The molecule has 0 aliphatic rings. The van der Waals surface area contributed by atoms with Crippen LogP contribution in [0.25, 0.3) is 6.08 Å². The minimum Gasteiger partial charge on any atom is -0.462 e. The summed E-state index contributed by atoms with van der Waals surface area (Å²) in [6.45, 7) is 5.66. The second-order valence-electron chi connectivity index (χ2n) is 4.77. The number of nitrogens with zero attached hydrogens (tertiary/aromatic N) is 2. The van der Waals surface area contributed by atoms with Gasteiger partial charge in [0, 0.05) is 20.3 Å². The van der Waals surface area contributed by atoms with E-state index in [1.54, 1.807) is 33.0 Å². The molecule has 0 fully saturated rings. The van der Waals surface area contributed by atoms with Crippen LogP contribution < -0.4 is 0 Å². The van der Waals surface area contributed by atoms with E-state index in [2.05, 4.69) is 4.98 Å². The highest BCUT2D eigenvalue weighted by atomic mass is 16.5. The van der Waals surface area contributed by atoms with Gasteiger partial charge < -0.3 is 14.4 Å². The SMILES string of the molecule is CCOC(=O)c1cc(C(=O)OCC)c(/C=C/N(C)C)nc1C. The highest BCUT2D eigenvalue weighted by Gasteiger charge is 2.19. The van der Waals surface area contributed by atoms with Crippen LogP contribution in [0.1, 0.15) is 46.0 Å². The monoisotopic (exact) mass is 306 g/mol. The molecule has 1 aromatic heterocycles. The number of rotatable bonds is 6. The first-order chi connectivity index (χ1) is 10.4. The Balaban J connectivity index is 3.35. The molecular formula is C16H22N2O4. The van der Waals surface area contributed by atoms with Crippen molar-refractivity contribution in [2.45, 2.75) is 20.8 Å². The van der Waals surface area contributed by atoms with Crippen LogP contribution in [0.15, 0.2) is 12.3 Å². The first-order valence-corrected chi connectivity index (χ1v) is 7.11. The summed E-state index contributed by atoms with van der Waals surface area (Å²) in [6.07, 6.45) is 3.47. The predicted molar refractivity (Wildman–Crippen MR) is 83.6 cm³/mol. The first kappa shape index (κ1) is 17.7. The van der Waals surface area contributed by atoms with Gasteiger partial charge in [-0.1, -0.05) is 0 Å². The van der Waals surface area contributed by atoms with E-state index < -0.39 is 11.9 Å². The van der Waals surface area contributed by atoms with Crippen molar-refractivity contribution >= 4 is 18.0 Å². The van der Waals surface area contributed by atoms with Crippen LogP contribution in [0, 0.1) is 6.92 Å². The maximum atomic E-state index is 12.1. The second kappa shape index (κ2) is 8.17. The van der Waals surface area contributed by atoms with Crippen molar-refractivity contribution in [2.24, 2.45) is 0 Å². The molecule has 120 valence electrons. The Kier molecular flexibility index (Phi) is 6.56. The van der Waals surface area contributed by atoms with Gasteiger partial charge in [-0.3, -0.25) is 4.98 Å². The highest BCUT2D eigenvalue weighted by Crippen LogP contribution is 2.17. The first-order valence-electron chi connectivity index (χ1n) is 7.11. The van der Waals surface area contributed by atoms with E-state index >= 15 is 0 Å². The largest absolute Gasteiger partial charge is 0.462 e. The molecule has 0 N–H and O–H groups in total. The molecule has 0 radical (unpaired) electrons. The molecule has 0 aromatic carbocycles. The van der Waals surface area contributed by atoms with Crippen LogP contribution in [0.5, 0.6) is 0 Å². The fraction of sp³-hybridized carbons (Fsp3) is 0.438. The molecule has 0 saturated carbocycles. The zero-order chi connectivity index (χ0) is 16.7. The van der Waals surface area contributed by atoms with Gasteiger partial charge in [0.1, 0.15) is 0 Å². The zero-order valence-corrected chi connectivity index (χ0v) is 13.7. The summed E-state index contributed by atoms with van der Waals surface area (Å²) in [7, 11) is 3.72. The van der Waals surface area contributed by atoms with Crippen LogP contribution in [0.2, 0.25) is 0 Å². The summed E-state index contributed by atoms with van der Waals surface area (Å²) in [4.78, 5) is 30.2. The number of aromatic nitrogens is 1. The third-order valence-corrected chi connectivity index (χ3v) is 2.76. The molecule has 0 spiro atoms. The molecule has 0 bridgehead atoms. The van der Waals surface area contributed by atoms with E-state index in [9.17, 15) is 9.59 Å². The van der Waals surface area contributed by atoms with Gasteiger partial charge in [0.15, 0.2) is 0 Å². The average molecular weight is 306 g/mol. The normalized spacial score (nSPS) is 10.6. The minimum atomic E-state index is -0.515. The van der Waals surface area contributed by atoms with Crippen molar-refractivity contribution < 1.29 is 19.1 Å². The summed E-state index contributed by atoms with van der Waals surface area (Å²) >= 11 is 0. The molecule has 6 heteroatoms. The van der Waals surface area contributed by atoms with Crippen molar-refractivity contribution in [1.82, 2.24) is 9.88 Å². The van der Waals surface area contributed by atoms with Crippen molar-refractivity contribution in [2.75, 3.05) is 27.3 Å². The number of esters is 2. The van der Waals surface area contributed by atoms with Gasteiger partial charge in [-0.05, 0) is 32.9 Å². The van der Waals surface area contributed by atoms with Gasteiger partial charge in [0.25, 0.3) is 0 Å². The number of ether oxygens (including phenoxy) is 2. The number of pyridine rings is 1. The Labute approximate surface area is 130 Å². The summed E-state index contributed by atoms with van der Waals surface area (Å²) in [6, 6.07) is 1.48. The van der Waals surface area contributed by atoms with Gasteiger partial charge in [-0.25, -0.2) is 9.59 Å². The molecule has 0 atom stereocenters. The molecule has 1 rings (SSSR count). The summed E-state index contributed by atoms with van der Waals surface area (Å²) in [5, 5.41) is 0. The molecule has 0 aliphatic heterocycles. The fourth-order valence-electron chi connectivity index (χ4n) is 1.76. The van der Waals surface area contributed by atoms with Crippen molar-refractivity contribution in [1.29, 1.82) is 0 Å². The summed E-state index contributed by atoms with van der Waals surface area (Å²) < 4.78 is 10.0. The van der Waals surface area contributed by atoms with Crippen molar-refractivity contribution in [3.63, 3.8) is 0 Å². The molecule has 0 unspecified atom stereocenters. The van der Waals surface area contributed by atoms with E-state index in [1.807, 2.05) is 19.0 Å². The molecule has 0 aliphatic carbocycles. The van der Waals surface area contributed by atoms with Crippen LogP contribution in [-0.2, 0) is 9.47 Å². The summed E-state index contributed by atoms with van der Waals surface area (Å²) in [5.74, 6) is -1.01. The quantitative estimate of drug-likeness (QED) is 0.751. The number of carbonyl (C=O) groups excluding carboxylic acids is 2. The fourth-order valence-corrected chi connectivity index (χ4v) is 1.76. The maximum absolute atomic E-state index is 12.1. The topological polar surface area (TPSA) is 68.7 Å². The lowest BCUT2D eigenvalue weighted by atomic mass is 10.1. The van der Waals surface area contributed by atoms with Crippen LogP contribution in [0.4, 0.5) is 0 Å². The van der Waals surface area contributed by atoms with Gasteiger partial charge in [0.05, 0.1) is 35.7 Å². The van der Waals surface area contributed by atoms with Gasteiger partial charge >= 0.3 is 11.9 Å². The number of carbonyl (C=O) groups is 2. The van der Waals surface area contributed by atoms with E-state index in [1.165, 1.54) is 6.07 Å². The Morgan fingerprint density at radius 3 is 2.18 bits per heavy atom. The third-order valence-electron chi connectivity index (χ3n) is 2.76. The summed E-state index contributed by atoms with van der Waals surface area (Å²) in [5.41, 5.74) is 1.48. The van der Waals surface area contributed by atoms with E-state index in [0.717, 1.165) is 0 Å². The Morgan fingerprint density at radius 2 is 1.68 bits per heavy atom. The number of hydrogen-bond donors (Lipinski definition) is 0. The smallest absolute Gasteiger partial charge is 0.340 e. The molecule has 0 amide bonds. The lowest BCUT2D eigenvalue weighted by Crippen LogP contribution is -2.14. The van der Waals surface area contributed by atoms with Crippen LogP contribution in [0.3, 0.4) is 0 Å². The van der Waals surface area contributed by atoms with Crippen LogP contribution in [-0.4, -0.2) is 49.1 Å². The van der Waals surface area contributed by atoms with Crippen molar-refractivity contribution in [3.8, 4) is 0 Å². The zero-order valence-electron chi connectivity index (χ0n) is 13.7. The second-order valence-corrected chi connectivity index (χ2v) is 4.77. The molecule has 0 saturated heterocycles. The van der Waals surface area contributed by atoms with Gasteiger partial charge in [-0.2, -0.15) is 0 Å². The maximum Gasteiger partial charge on any atom is 0.340 e. The lowest BCUT2D eigenvalue weighted by Gasteiger charge is -2.11. The molecule has 1 aromatic rings. The molecule has 6 nitrogen and oxygen atoms in total. The average Bonchev–Trinajstić information content (AvgIpc) is 2.45. The van der Waals surface area contributed by atoms with Gasteiger partial charge in [0.2, 0.25) is 0 Å². The highest BCUT2D eigenvalue weighted by molar-refractivity contribution is 5.98. The van der Waals surface area contributed by atoms with E-state index in [4.69, 9.17) is 9.47 Å². The van der Waals surface area contributed by atoms with E-state index in [-0.39, 0.29) is 24.3 Å². The predicted octanol–water partition coefficient (Wildman–Crippen LogP) is 2.28. The third kappa shape index (κ3) is 4.58. The van der Waals surface area contributed by atoms with Gasteiger partial charge in [-0.15, -0.1) is 0 Å². The van der Waals surface area contributed by atoms with Crippen molar-refractivity contribution in [3.05, 3.63) is 34.8 Å². The molecule has 22 heavy (non-hydrogen) atoms. The van der Waals surface area contributed by atoms with Crippen LogP contribution >= 0.6 is 0 Å². The minimum absolute atomic E-state index is 0.244. The standard InChI is InChI=1S/C16H22N2O4/c1-6-21-15(19)12-10-13(16(20)22-7-2)14(17-11(12)3)8-9-18(4)5/h8-10H,6-7H2,1-5H3/b9-8+.